The van der Waals surface area contributed by atoms with Gasteiger partial charge in [0.2, 0.25) is 0 Å². The van der Waals surface area contributed by atoms with Crippen LogP contribution in [0.4, 0.5) is 15.9 Å². The molecule has 0 radical (unpaired) electrons. The number of rotatable bonds is 5. The largest absolute Gasteiger partial charge is 0.381 e. The van der Waals surface area contributed by atoms with E-state index in [0.717, 1.165) is 11.3 Å². The number of carbonyl (C=O) groups is 1. The van der Waals surface area contributed by atoms with Crippen molar-refractivity contribution in [3.63, 3.8) is 0 Å². The van der Waals surface area contributed by atoms with E-state index in [4.69, 9.17) is 4.52 Å². The van der Waals surface area contributed by atoms with Crippen LogP contribution in [0.3, 0.4) is 0 Å². The highest BCUT2D eigenvalue weighted by molar-refractivity contribution is 6.02. The molecule has 0 saturated carbocycles. The number of nitrogens with one attached hydrogen (secondary N) is 2. The SMILES string of the molecule is Cc1cc(NC(=O)c2cc(NCc3ccc(F)cc3)ccn2)no1. The Kier molecular flexibility index (Phi) is 4.51. The Morgan fingerprint density at radius 1 is 1.21 bits per heavy atom. The van der Waals surface area contributed by atoms with Crippen LogP contribution in [-0.2, 0) is 6.54 Å². The van der Waals surface area contributed by atoms with E-state index in [1.165, 1.54) is 18.3 Å². The molecule has 3 rings (SSSR count). The van der Waals surface area contributed by atoms with Crippen molar-refractivity contribution in [2.75, 3.05) is 10.6 Å². The van der Waals surface area contributed by atoms with E-state index in [2.05, 4.69) is 20.8 Å². The number of pyridine rings is 1. The van der Waals surface area contributed by atoms with Crippen LogP contribution >= 0.6 is 0 Å². The van der Waals surface area contributed by atoms with Crippen LogP contribution < -0.4 is 10.6 Å². The summed E-state index contributed by atoms with van der Waals surface area (Å²) in [6.07, 6.45) is 1.54. The molecule has 122 valence electrons. The fourth-order valence-electron chi connectivity index (χ4n) is 2.08. The lowest BCUT2D eigenvalue weighted by atomic mass is 10.2. The molecule has 3 aromatic rings. The van der Waals surface area contributed by atoms with E-state index >= 15 is 0 Å². The first-order chi connectivity index (χ1) is 11.6. The van der Waals surface area contributed by atoms with Crippen LogP contribution in [0.5, 0.6) is 0 Å². The van der Waals surface area contributed by atoms with E-state index in [1.807, 2.05) is 0 Å². The van der Waals surface area contributed by atoms with Gasteiger partial charge in [0.1, 0.15) is 17.3 Å². The third kappa shape index (κ3) is 3.95. The molecule has 0 aliphatic rings. The molecule has 2 N–H and O–H groups in total. The summed E-state index contributed by atoms with van der Waals surface area (Å²) in [5, 5.41) is 9.48. The summed E-state index contributed by atoms with van der Waals surface area (Å²) >= 11 is 0. The third-order valence-corrected chi connectivity index (χ3v) is 3.27. The number of halogens is 1. The third-order valence-electron chi connectivity index (χ3n) is 3.27. The molecule has 1 aromatic carbocycles. The van der Waals surface area contributed by atoms with Crippen LogP contribution in [0.1, 0.15) is 21.8 Å². The Morgan fingerprint density at radius 3 is 2.71 bits per heavy atom. The zero-order valence-corrected chi connectivity index (χ0v) is 12.9. The quantitative estimate of drug-likeness (QED) is 0.751. The molecule has 7 heteroatoms. The molecule has 0 bridgehead atoms. The lowest BCUT2D eigenvalue weighted by Gasteiger charge is -2.08. The Bertz CT molecular complexity index is 846. The number of benzene rings is 1. The van der Waals surface area contributed by atoms with E-state index < -0.39 is 0 Å². The molecule has 0 spiro atoms. The van der Waals surface area contributed by atoms with Gasteiger partial charge in [-0.15, -0.1) is 0 Å². The summed E-state index contributed by atoms with van der Waals surface area (Å²) in [5.74, 6) is 0.287. The van der Waals surface area contributed by atoms with Gasteiger partial charge in [0.15, 0.2) is 5.82 Å². The predicted octanol–water partition coefficient (Wildman–Crippen LogP) is 3.38. The molecule has 0 saturated heterocycles. The molecule has 0 fully saturated rings. The summed E-state index contributed by atoms with van der Waals surface area (Å²) in [6, 6.07) is 11.2. The second-order valence-electron chi connectivity index (χ2n) is 5.19. The normalized spacial score (nSPS) is 10.4. The minimum atomic E-state index is -0.381. The molecule has 6 nitrogen and oxygen atoms in total. The fourth-order valence-corrected chi connectivity index (χ4v) is 2.08. The number of aryl methyl sites for hydroxylation is 1. The molecule has 2 heterocycles. The highest BCUT2D eigenvalue weighted by Crippen LogP contribution is 2.13. The number of carbonyl (C=O) groups excluding carboxylic acids is 1. The molecular formula is C17H15FN4O2. The van der Waals surface area contributed by atoms with E-state index in [9.17, 15) is 9.18 Å². The first kappa shape index (κ1) is 15.7. The average molecular weight is 326 g/mol. The number of aromatic nitrogens is 2. The average Bonchev–Trinajstić information content (AvgIpc) is 2.99. The molecule has 2 aromatic heterocycles. The Labute approximate surface area is 137 Å². The maximum atomic E-state index is 12.9. The number of hydrogen-bond acceptors (Lipinski definition) is 5. The van der Waals surface area contributed by atoms with Crippen molar-refractivity contribution in [2.24, 2.45) is 0 Å². The number of hydrogen-bond donors (Lipinski definition) is 2. The smallest absolute Gasteiger partial charge is 0.275 e. The van der Waals surface area contributed by atoms with Crippen molar-refractivity contribution in [3.8, 4) is 0 Å². The minimum Gasteiger partial charge on any atom is -0.381 e. The topological polar surface area (TPSA) is 80.0 Å². The minimum absolute atomic E-state index is 0.250. The second kappa shape index (κ2) is 6.91. The summed E-state index contributed by atoms with van der Waals surface area (Å²) in [5.41, 5.74) is 1.91. The van der Waals surface area contributed by atoms with Gasteiger partial charge in [-0.05, 0) is 36.8 Å². The monoisotopic (exact) mass is 326 g/mol. The zero-order chi connectivity index (χ0) is 16.9. The summed E-state index contributed by atoms with van der Waals surface area (Å²) in [4.78, 5) is 16.2. The zero-order valence-electron chi connectivity index (χ0n) is 12.9. The van der Waals surface area contributed by atoms with Gasteiger partial charge >= 0.3 is 0 Å². The van der Waals surface area contributed by atoms with Crippen LogP contribution in [0.15, 0.2) is 53.2 Å². The van der Waals surface area contributed by atoms with Crippen molar-refractivity contribution in [2.45, 2.75) is 13.5 Å². The molecule has 1 amide bonds. The number of nitrogens with zero attached hydrogens (tertiary/aromatic N) is 2. The van der Waals surface area contributed by atoms with Crippen molar-refractivity contribution in [3.05, 3.63) is 71.5 Å². The van der Waals surface area contributed by atoms with E-state index in [1.54, 1.807) is 37.3 Å². The number of amides is 1. The molecule has 0 aliphatic carbocycles. The van der Waals surface area contributed by atoms with Crippen molar-refractivity contribution in [1.29, 1.82) is 0 Å². The van der Waals surface area contributed by atoms with Gasteiger partial charge in [0, 0.05) is 24.5 Å². The predicted molar refractivity (Wildman–Crippen MR) is 87.2 cm³/mol. The van der Waals surface area contributed by atoms with Gasteiger partial charge in [0.25, 0.3) is 5.91 Å². The first-order valence-electron chi connectivity index (χ1n) is 7.29. The van der Waals surface area contributed by atoms with Gasteiger partial charge in [-0.25, -0.2) is 4.39 Å². The molecule has 0 atom stereocenters. The second-order valence-corrected chi connectivity index (χ2v) is 5.19. The summed E-state index contributed by atoms with van der Waals surface area (Å²) < 4.78 is 17.8. The van der Waals surface area contributed by atoms with Crippen LogP contribution in [0, 0.1) is 12.7 Å². The maximum Gasteiger partial charge on any atom is 0.275 e. The summed E-state index contributed by atoms with van der Waals surface area (Å²) in [7, 11) is 0. The van der Waals surface area contributed by atoms with Crippen LogP contribution in [0.25, 0.3) is 0 Å². The fraction of sp³-hybridized carbons (Fsp3) is 0.118. The standard InChI is InChI=1S/C17H15FN4O2/c1-11-8-16(22-24-11)21-17(23)15-9-14(6-7-19-15)20-10-12-2-4-13(18)5-3-12/h2-9H,10H2,1H3,(H,19,20)(H,21,22,23). The maximum absolute atomic E-state index is 12.9. The van der Waals surface area contributed by atoms with Crippen LogP contribution in [0.2, 0.25) is 0 Å². The van der Waals surface area contributed by atoms with E-state index in [0.29, 0.717) is 18.1 Å². The number of anilines is 2. The van der Waals surface area contributed by atoms with Crippen molar-refractivity contribution >= 4 is 17.4 Å². The van der Waals surface area contributed by atoms with Crippen molar-refractivity contribution < 1.29 is 13.7 Å². The van der Waals surface area contributed by atoms with Gasteiger partial charge in [-0.2, -0.15) is 0 Å². The van der Waals surface area contributed by atoms with Crippen LogP contribution in [-0.4, -0.2) is 16.0 Å². The lowest BCUT2D eigenvalue weighted by molar-refractivity contribution is 0.102. The Hall–Kier alpha value is -3.22. The van der Waals surface area contributed by atoms with Gasteiger partial charge in [0.05, 0.1) is 0 Å². The Balaban J connectivity index is 1.64. The molecular weight excluding hydrogens is 311 g/mol. The highest BCUT2D eigenvalue weighted by atomic mass is 19.1. The first-order valence-corrected chi connectivity index (χ1v) is 7.29. The summed E-state index contributed by atoms with van der Waals surface area (Å²) in [6.45, 7) is 2.24. The van der Waals surface area contributed by atoms with Gasteiger partial charge in [-0.1, -0.05) is 17.3 Å². The van der Waals surface area contributed by atoms with Crippen molar-refractivity contribution in [1.82, 2.24) is 10.1 Å². The van der Waals surface area contributed by atoms with E-state index in [-0.39, 0.29) is 17.4 Å². The lowest BCUT2D eigenvalue weighted by Crippen LogP contribution is -2.14. The highest BCUT2D eigenvalue weighted by Gasteiger charge is 2.10. The molecule has 0 unspecified atom stereocenters. The molecule has 24 heavy (non-hydrogen) atoms. The van der Waals surface area contributed by atoms with Gasteiger partial charge < -0.3 is 15.2 Å². The Morgan fingerprint density at radius 2 is 2.00 bits per heavy atom. The molecule has 0 aliphatic heterocycles. The van der Waals surface area contributed by atoms with Gasteiger partial charge in [-0.3, -0.25) is 9.78 Å².